The molecule has 0 aliphatic heterocycles. The zero-order chi connectivity index (χ0) is 14.5. The van der Waals surface area contributed by atoms with Crippen molar-refractivity contribution < 1.29 is 4.74 Å². The zero-order valence-electron chi connectivity index (χ0n) is 12.6. The van der Waals surface area contributed by atoms with Gasteiger partial charge in [0.1, 0.15) is 5.75 Å². The largest absolute Gasteiger partial charge is 0.496 e. The number of nitrogens with one attached hydrogen (secondary N) is 1. The van der Waals surface area contributed by atoms with Gasteiger partial charge in [-0.3, -0.25) is 0 Å². The third-order valence-electron chi connectivity index (χ3n) is 3.39. The Morgan fingerprint density at radius 3 is 2.70 bits per heavy atom. The maximum absolute atomic E-state index is 5.37. The van der Waals surface area contributed by atoms with Crippen molar-refractivity contribution in [3.8, 4) is 5.75 Å². The van der Waals surface area contributed by atoms with E-state index in [2.05, 4.69) is 43.2 Å². The van der Waals surface area contributed by atoms with Crippen LogP contribution in [0.4, 0.5) is 0 Å². The molecule has 3 nitrogen and oxygen atoms in total. The minimum Gasteiger partial charge on any atom is -0.496 e. The number of ether oxygens (including phenoxy) is 1. The number of aromatic nitrogens is 1. The van der Waals surface area contributed by atoms with Crippen LogP contribution in [0.25, 0.3) is 0 Å². The van der Waals surface area contributed by atoms with Gasteiger partial charge in [0.15, 0.2) is 0 Å². The van der Waals surface area contributed by atoms with Gasteiger partial charge in [0.25, 0.3) is 0 Å². The number of para-hydroxylation sites is 1. The predicted octanol–water partition coefficient (Wildman–Crippen LogP) is 3.66. The first-order valence-electron chi connectivity index (χ1n) is 6.91. The second-order valence-electron chi connectivity index (χ2n) is 4.91. The molecule has 4 heteroatoms. The van der Waals surface area contributed by atoms with Gasteiger partial charge in [-0.2, -0.15) is 0 Å². The Bertz CT molecular complexity index is 565. The van der Waals surface area contributed by atoms with Crippen molar-refractivity contribution in [1.82, 2.24) is 10.3 Å². The highest BCUT2D eigenvalue weighted by molar-refractivity contribution is 7.11. The Kier molecular flexibility index (Phi) is 5.15. The van der Waals surface area contributed by atoms with E-state index in [-0.39, 0.29) is 6.04 Å². The van der Waals surface area contributed by atoms with Crippen LogP contribution in [0.1, 0.15) is 34.1 Å². The Morgan fingerprint density at radius 1 is 1.30 bits per heavy atom. The number of rotatable bonds is 6. The summed E-state index contributed by atoms with van der Waals surface area (Å²) in [5.41, 5.74) is 2.41. The fourth-order valence-electron chi connectivity index (χ4n) is 2.38. The molecule has 1 heterocycles. The summed E-state index contributed by atoms with van der Waals surface area (Å²) < 4.78 is 5.37. The average Bonchev–Trinajstić information content (AvgIpc) is 2.78. The number of hydrogen-bond donors (Lipinski definition) is 1. The van der Waals surface area contributed by atoms with E-state index in [0.717, 1.165) is 23.7 Å². The number of aryl methyl sites for hydroxylation is 2. The topological polar surface area (TPSA) is 34.1 Å². The molecule has 0 aliphatic rings. The standard InChI is InChI=1S/C16H22N2OS/c1-11(16-12(2)20-13(3)18-16)17-10-9-14-7-5-6-8-15(14)19-4/h5-8,11,17H,9-10H2,1-4H3. The molecule has 2 rings (SSSR count). The number of methoxy groups -OCH3 is 1. The summed E-state index contributed by atoms with van der Waals surface area (Å²) in [6.07, 6.45) is 0.955. The Balaban J connectivity index is 1.91. The van der Waals surface area contributed by atoms with Crippen molar-refractivity contribution in [3.63, 3.8) is 0 Å². The molecule has 0 saturated carbocycles. The molecule has 2 aromatic rings. The summed E-state index contributed by atoms with van der Waals surface area (Å²) in [7, 11) is 1.72. The number of hydrogen-bond acceptors (Lipinski definition) is 4. The summed E-state index contributed by atoms with van der Waals surface area (Å²) in [5.74, 6) is 0.961. The quantitative estimate of drug-likeness (QED) is 0.881. The first-order chi connectivity index (χ1) is 9.61. The summed E-state index contributed by atoms with van der Waals surface area (Å²) in [5, 5.41) is 4.68. The molecule has 0 aliphatic carbocycles. The van der Waals surface area contributed by atoms with Crippen molar-refractivity contribution in [2.24, 2.45) is 0 Å². The molecule has 108 valence electrons. The summed E-state index contributed by atoms with van der Waals surface area (Å²) >= 11 is 1.76. The van der Waals surface area contributed by atoms with E-state index in [1.807, 2.05) is 12.1 Å². The highest BCUT2D eigenvalue weighted by atomic mass is 32.1. The van der Waals surface area contributed by atoms with Crippen LogP contribution in [0.2, 0.25) is 0 Å². The van der Waals surface area contributed by atoms with Crippen LogP contribution in [0, 0.1) is 13.8 Å². The predicted molar refractivity (Wildman–Crippen MR) is 84.7 cm³/mol. The molecular weight excluding hydrogens is 268 g/mol. The molecule has 1 N–H and O–H groups in total. The minimum atomic E-state index is 0.287. The normalized spacial score (nSPS) is 12.4. The SMILES string of the molecule is COc1ccccc1CCNC(C)c1nc(C)sc1C. The molecule has 1 aromatic carbocycles. The van der Waals surface area contributed by atoms with Crippen molar-refractivity contribution in [3.05, 3.63) is 45.4 Å². The zero-order valence-corrected chi connectivity index (χ0v) is 13.4. The first-order valence-corrected chi connectivity index (χ1v) is 7.72. The molecular formula is C16H22N2OS. The van der Waals surface area contributed by atoms with Gasteiger partial charge in [-0.1, -0.05) is 18.2 Å². The number of thiazole rings is 1. The van der Waals surface area contributed by atoms with Crippen molar-refractivity contribution in [1.29, 1.82) is 0 Å². The molecule has 0 fully saturated rings. The maximum Gasteiger partial charge on any atom is 0.122 e. The lowest BCUT2D eigenvalue weighted by molar-refractivity contribution is 0.408. The lowest BCUT2D eigenvalue weighted by Crippen LogP contribution is -2.22. The summed E-state index contributed by atoms with van der Waals surface area (Å²) in [6, 6.07) is 8.46. The summed E-state index contributed by atoms with van der Waals surface area (Å²) in [4.78, 5) is 5.91. The number of benzene rings is 1. The van der Waals surface area contributed by atoms with Gasteiger partial charge in [-0.25, -0.2) is 4.98 Å². The third kappa shape index (κ3) is 3.58. The van der Waals surface area contributed by atoms with Crippen molar-refractivity contribution in [2.45, 2.75) is 33.2 Å². The Labute approximate surface area is 125 Å². The van der Waals surface area contributed by atoms with Crippen LogP contribution < -0.4 is 10.1 Å². The van der Waals surface area contributed by atoms with E-state index in [4.69, 9.17) is 4.74 Å². The maximum atomic E-state index is 5.37. The molecule has 20 heavy (non-hydrogen) atoms. The van der Waals surface area contributed by atoms with Gasteiger partial charge < -0.3 is 10.1 Å². The van der Waals surface area contributed by atoms with Crippen LogP contribution in [-0.4, -0.2) is 18.6 Å². The van der Waals surface area contributed by atoms with E-state index < -0.39 is 0 Å². The lowest BCUT2D eigenvalue weighted by Gasteiger charge is -2.14. The highest BCUT2D eigenvalue weighted by Crippen LogP contribution is 2.22. The molecule has 0 saturated heterocycles. The van der Waals surface area contributed by atoms with Gasteiger partial charge in [0.05, 0.1) is 17.8 Å². The van der Waals surface area contributed by atoms with Crippen molar-refractivity contribution >= 4 is 11.3 Å². The van der Waals surface area contributed by atoms with Gasteiger partial charge in [-0.05, 0) is 45.4 Å². The Hall–Kier alpha value is -1.39. The monoisotopic (exact) mass is 290 g/mol. The minimum absolute atomic E-state index is 0.287. The van der Waals surface area contributed by atoms with E-state index >= 15 is 0 Å². The van der Waals surface area contributed by atoms with E-state index in [0.29, 0.717) is 0 Å². The fraction of sp³-hybridized carbons (Fsp3) is 0.438. The van der Waals surface area contributed by atoms with E-state index in [1.165, 1.54) is 16.1 Å². The van der Waals surface area contributed by atoms with Gasteiger partial charge in [0, 0.05) is 10.9 Å². The third-order valence-corrected chi connectivity index (χ3v) is 4.29. The van der Waals surface area contributed by atoms with E-state index in [9.17, 15) is 0 Å². The Morgan fingerprint density at radius 2 is 2.05 bits per heavy atom. The molecule has 0 amide bonds. The fourth-order valence-corrected chi connectivity index (χ4v) is 3.29. The second-order valence-corrected chi connectivity index (χ2v) is 6.32. The second kappa shape index (κ2) is 6.86. The molecule has 0 bridgehead atoms. The molecule has 1 unspecified atom stereocenters. The lowest BCUT2D eigenvalue weighted by atomic mass is 10.1. The molecule has 0 radical (unpaired) electrons. The van der Waals surface area contributed by atoms with Crippen LogP contribution in [0.15, 0.2) is 24.3 Å². The van der Waals surface area contributed by atoms with Crippen LogP contribution in [0.3, 0.4) is 0 Å². The van der Waals surface area contributed by atoms with Crippen LogP contribution in [0.5, 0.6) is 5.75 Å². The molecule has 1 atom stereocenters. The van der Waals surface area contributed by atoms with Gasteiger partial charge in [0.2, 0.25) is 0 Å². The average molecular weight is 290 g/mol. The summed E-state index contributed by atoms with van der Waals surface area (Å²) in [6.45, 7) is 7.28. The first kappa shape index (κ1) is 15.0. The van der Waals surface area contributed by atoms with E-state index in [1.54, 1.807) is 18.4 Å². The smallest absolute Gasteiger partial charge is 0.122 e. The van der Waals surface area contributed by atoms with Crippen LogP contribution in [-0.2, 0) is 6.42 Å². The molecule has 0 spiro atoms. The molecule has 1 aromatic heterocycles. The highest BCUT2D eigenvalue weighted by Gasteiger charge is 2.12. The van der Waals surface area contributed by atoms with Gasteiger partial charge in [-0.15, -0.1) is 11.3 Å². The number of nitrogens with zero attached hydrogens (tertiary/aromatic N) is 1. The van der Waals surface area contributed by atoms with Gasteiger partial charge >= 0.3 is 0 Å². The van der Waals surface area contributed by atoms with Crippen molar-refractivity contribution in [2.75, 3.05) is 13.7 Å². The van der Waals surface area contributed by atoms with Crippen LogP contribution >= 0.6 is 11.3 Å².